The average Bonchev–Trinajstić information content (AvgIpc) is 3.42. The van der Waals surface area contributed by atoms with E-state index in [0.29, 0.717) is 41.2 Å². The fraction of sp³-hybridized carbons (Fsp3) is 0.333. The summed E-state index contributed by atoms with van der Waals surface area (Å²) in [5, 5.41) is 10.9. The van der Waals surface area contributed by atoms with Crippen LogP contribution in [0, 0.1) is 23.7 Å². The first-order chi connectivity index (χ1) is 21.7. The van der Waals surface area contributed by atoms with Crippen LogP contribution in [0.4, 0.5) is 5.69 Å². The maximum Gasteiger partial charge on any atom is 0.246 e. The number of amides is 4. The number of carbonyl (C=O) groups excluding carboxylic acids is 4. The van der Waals surface area contributed by atoms with Crippen LogP contribution in [0.3, 0.4) is 0 Å². The highest BCUT2D eigenvalue weighted by Gasteiger charge is 2.70. The van der Waals surface area contributed by atoms with E-state index in [9.17, 15) is 19.5 Å². The van der Waals surface area contributed by atoms with Crippen LogP contribution in [0.2, 0.25) is 5.02 Å². The molecule has 45 heavy (non-hydrogen) atoms. The van der Waals surface area contributed by atoms with Gasteiger partial charge in [0.25, 0.3) is 0 Å². The number of halogens is 1. The first kappa shape index (κ1) is 29.3. The summed E-state index contributed by atoms with van der Waals surface area (Å²) < 4.78 is 5.50. The van der Waals surface area contributed by atoms with E-state index in [1.54, 1.807) is 36.4 Å². The number of hydrogen-bond donors (Lipinski definition) is 1. The number of aromatic hydroxyl groups is 1. The van der Waals surface area contributed by atoms with Crippen LogP contribution >= 0.6 is 11.6 Å². The minimum absolute atomic E-state index is 0.0576. The highest BCUT2D eigenvalue weighted by Crippen LogP contribution is 2.64. The molecule has 1 N–H and O–H groups in total. The molecule has 2 aliphatic carbocycles. The Morgan fingerprint density at radius 3 is 2.42 bits per heavy atom. The molecule has 1 saturated carbocycles. The lowest BCUT2D eigenvalue weighted by molar-refractivity contribution is -0.140. The van der Waals surface area contributed by atoms with E-state index in [1.165, 1.54) is 23.0 Å². The van der Waals surface area contributed by atoms with Crippen molar-refractivity contribution in [2.45, 2.75) is 37.5 Å². The largest absolute Gasteiger partial charge is 0.504 e. The summed E-state index contributed by atoms with van der Waals surface area (Å²) in [5.74, 6) is -4.06. The molecule has 3 aromatic rings. The number of anilines is 1. The van der Waals surface area contributed by atoms with Gasteiger partial charge in [-0.1, -0.05) is 72.6 Å². The maximum absolute atomic E-state index is 15.2. The van der Waals surface area contributed by atoms with Crippen molar-refractivity contribution in [3.05, 3.63) is 101 Å². The van der Waals surface area contributed by atoms with Gasteiger partial charge in [-0.05, 0) is 66.6 Å². The molecule has 2 aliphatic heterocycles. The van der Waals surface area contributed by atoms with Gasteiger partial charge in [0.1, 0.15) is 0 Å². The normalized spacial score (nSPS) is 29.0. The third-order valence-corrected chi connectivity index (χ3v) is 10.5. The Bertz CT molecular complexity index is 1770. The van der Waals surface area contributed by atoms with Gasteiger partial charge in [-0.25, -0.2) is 4.90 Å². The molecule has 0 unspecified atom stereocenters. The van der Waals surface area contributed by atoms with Crippen molar-refractivity contribution < 1.29 is 29.0 Å². The Balaban J connectivity index is 1.50. The SMILES string of the molecule is CCCN1C(=O)[C@H]2[C@H](CC=C3[C@H]2C[C@H]2C(=O)N(c4cccc(Cl)c4)C(=O)[C@@]2(c2ccccc2)[C@H]3c2ccc(O)c(OC)c2)C1=O. The van der Waals surface area contributed by atoms with E-state index >= 15 is 4.79 Å². The second-order valence-corrected chi connectivity index (χ2v) is 12.8. The maximum atomic E-state index is 15.2. The van der Waals surface area contributed by atoms with Crippen LogP contribution in [0.25, 0.3) is 0 Å². The molecule has 2 heterocycles. The van der Waals surface area contributed by atoms with Crippen LogP contribution < -0.4 is 9.64 Å². The van der Waals surface area contributed by atoms with Gasteiger partial charge in [0, 0.05) is 17.5 Å². The average molecular weight is 625 g/mol. The van der Waals surface area contributed by atoms with Gasteiger partial charge >= 0.3 is 0 Å². The zero-order valence-corrected chi connectivity index (χ0v) is 25.7. The van der Waals surface area contributed by atoms with Crippen LogP contribution in [-0.2, 0) is 24.6 Å². The first-order valence-electron chi connectivity index (χ1n) is 15.4. The van der Waals surface area contributed by atoms with Gasteiger partial charge < -0.3 is 9.84 Å². The summed E-state index contributed by atoms with van der Waals surface area (Å²) >= 11 is 6.36. The predicted molar refractivity (Wildman–Crippen MR) is 168 cm³/mol. The highest BCUT2D eigenvalue weighted by atomic mass is 35.5. The smallest absolute Gasteiger partial charge is 0.246 e. The van der Waals surface area contributed by atoms with Gasteiger partial charge in [0.05, 0.1) is 36.0 Å². The standard InChI is InChI=1S/C36H33ClN2O6/c1-3-16-38-32(41)25-14-13-24-26(30(25)34(38)43)19-27-33(42)39(23-11-7-10-22(37)18-23)35(44)36(27,21-8-5-4-6-9-21)31(24)20-12-15-28(40)29(17-20)45-2/h4-13,15,17-18,25-27,30-31,40H,3,14,16,19H2,1-2H3/t25-,26+,27-,30-,31-,36+/m0/s1. The molecule has 0 bridgehead atoms. The summed E-state index contributed by atoms with van der Waals surface area (Å²) in [6.07, 6.45) is 3.27. The number of ether oxygens (including phenoxy) is 1. The molecule has 3 fully saturated rings. The lowest BCUT2D eigenvalue weighted by atomic mass is 9.49. The molecule has 0 aromatic heterocycles. The summed E-state index contributed by atoms with van der Waals surface area (Å²) in [6.45, 7) is 2.28. The zero-order chi connectivity index (χ0) is 31.6. The zero-order valence-electron chi connectivity index (χ0n) is 25.0. The molecule has 0 spiro atoms. The minimum atomic E-state index is -1.38. The fourth-order valence-electron chi connectivity index (χ4n) is 8.50. The van der Waals surface area contributed by atoms with Crippen LogP contribution in [0.15, 0.2) is 84.4 Å². The van der Waals surface area contributed by atoms with Gasteiger partial charge in [0.15, 0.2) is 11.5 Å². The molecular weight excluding hydrogens is 592 g/mol. The van der Waals surface area contributed by atoms with Crippen molar-refractivity contribution in [2.24, 2.45) is 23.7 Å². The van der Waals surface area contributed by atoms with E-state index < -0.39 is 35.0 Å². The Morgan fingerprint density at radius 1 is 0.933 bits per heavy atom. The number of rotatable bonds is 6. The van der Waals surface area contributed by atoms with Crippen LogP contribution in [0.5, 0.6) is 11.5 Å². The number of fused-ring (bicyclic) bond motifs is 4. The summed E-state index contributed by atoms with van der Waals surface area (Å²) in [6, 6.07) is 21.0. The number of phenolic OH excluding ortho intramolecular Hbond substituents is 1. The van der Waals surface area contributed by atoms with Crippen molar-refractivity contribution in [3.63, 3.8) is 0 Å². The topological polar surface area (TPSA) is 104 Å². The molecule has 4 aliphatic rings. The van der Waals surface area contributed by atoms with Gasteiger partial charge in [-0.15, -0.1) is 0 Å². The van der Waals surface area contributed by atoms with Gasteiger partial charge in [-0.2, -0.15) is 0 Å². The highest BCUT2D eigenvalue weighted by molar-refractivity contribution is 6.32. The monoisotopic (exact) mass is 624 g/mol. The number of imide groups is 2. The second-order valence-electron chi connectivity index (χ2n) is 12.4. The van der Waals surface area contributed by atoms with E-state index in [1.807, 2.05) is 43.3 Å². The van der Waals surface area contributed by atoms with Gasteiger partial charge in [-0.3, -0.25) is 24.1 Å². The van der Waals surface area contributed by atoms with Crippen molar-refractivity contribution >= 4 is 40.9 Å². The third-order valence-electron chi connectivity index (χ3n) is 10.2. The third kappa shape index (κ3) is 4.11. The Kier molecular flexibility index (Phi) is 7.08. The van der Waals surface area contributed by atoms with Gasteiger partial charge in [0.2, 0.25) is 23.6 Å². The Hall–Kier alpha value is -4.43. The number of benzene rings is 3. The molecular formula is C36H33ClN2O6. The lowest BCUT2D eigenvalue weighted by Crippen LogP contribution is -2.53. The number of allylic oxidation sites excluding steroid dienone is 2. The van der Waals surface area contributed by atoms with E-state index in [-0.39, 0.29) is 41.5 Å². The van der Waals surface area contributed by atoms with Crippen molar-refractivity contribution in [1.29, 1.82) is 0 Å². The minimum Gasteiger partial charge on any atom is -0.504 e. The molecule has 6 atom stereocenters. The number of likely N-dealkylation sites (tertiary alicyclic amines) is 1. The Labute approximate surface area is 266 Å². The number of carbonyl (C=O) groups is 4. The lowest BCUT2D eigenvalue weighted by Gasteiger charge is -2.50. The second kappa shape index (κ2) is 10.9. The number of methoxy groups -OCH3 is 1. The van der Waals surface area contributed by atoms with E-state index in [0.717, 1.165) is 5.57 Å². The first-order valence-corrected chi connectivity index (χ1v) is 15.7. The van der Waals surface area contributed by atoms with Crippen LogP contribution in [-0.4, -0.2) is 47.3 Å². The number of nitrogens with zero attached hydrogens (tertiary/aromatic N) is 2. The van der Waals surface area contributed by atoms with E-state index in [2.05, 4.69) is 0 Å². The quantitative estimate of drug-likeness (QED) is 0.282. The molecule has 3 aromatic carbocycles. The van der Waals surface area contributed by atoms with Crippen LogP contribution in [0.1, 0.15) is 43.2 Å². The van der Waals surface area contributed by atoms with Crippen molar-refractivity contribution in [2.75, 3.05) is 18.6 Å². The fourth-order valence-corrected chi connectivity index (χ4v) is 8.69. The molecule has 2 saturated heterocycles. The number of hydrogen-bond acceptors (Lipinski definition) is 6. The molecule has 8 nitrogen and oxygen atoms in total. The Morgan fingerprint density at radius 2 is 1.71 bits per heavy atom. The number of phenols is 1. The molecule has 230 valence electrons. The summed E-state index contributed by atoms with van der Waals surface area (Å²) in [4.78, 5) is 59.9. The predicted octanol–water partition coefficient (Wildman–Crippen LogP) is 5.63. The van der Waals surface area contributed by atoms with Crippen molar-refractivity contribution in [3.8, 4) is 11.5 Å². The molecule has 9 heteroatoms. The summed E-state index contributed by atoms with van der Waals surface area (Å²) in [5.41, 5.74) is 1.20. The van der Waals surface area contributed by atoms with Crippen molar-refractivity contribution in [1.82, 2.24) is 4.90 Å². The molecule has 7 rings (SSSR count). The molecule has 0 radical (unpaired) electrons. The summed E-state index contributed by atoms with van der Waals surface area (Å²) in [7, 11) is 1.46. The molecule has 4 amide bonds. The van der Waals surface area contributed by atoms with E-state index in [4.69, 9.17) is 16.3 Å².